The molecule has 0 aliphatic heterocycles. The first kappa shape index (κ1) is 28.9. The standard InChI is InChI=1S/C31H39F2NO6/c1-15-12-18-17-9-8-16-13-19(35)22(32)24(33)30(16,7)21(17)20(36)14-29(18,6)31(15,26(38)39-11-10-34)40-25(37)23-27(2,3)28(23,4)5/h13,15,17-18,20-21,23,36H,8-9,11-12,14H2,1-7H3/t15-,17+,18+,20+,21-,29+,30+,31+/m1/s1. The lowest BCUT2D eigenvalue weighted by molar-refractivity contribution is -0.220. The number of aliphatic hydroxyl groups is 1. The highest BCUT2D eigenvalue weighted by Gasteiger charge is 2.76. The van der Waals surface area contributed by atoms with Gasteiger partial charge < -0.3 is 14.6 Å². The molecule has 1 N–H and O–H groups in total. The molecular formula is C31H39F2NO6. The van der Waals surface area contributed by atoms with Crippen molar-refractivity contribution < 1.29 is 37.7 Å². The highest BCUT2D eigenvalue weighted by atomic mass is 19.2. The quantitative estimate of drug-likeness (QED) is 0.475. The number of nitrogens with zero attached hydrogens (tertiary/aromatic N) is 1. The highest BCUT2D eigenvalue weighted by molar-refractivity contribution is 6.04. The predicted molar refractivity (Wildman–Crippen MR) is 139 cm³/mol. The molecule has 40 heavy (non-hydrogen) atoms. The van der Waals surface area contributed by atoms with Crippen molar-refractivity contribution in [1.82, 2.24) is 0 Å². The van der Waals surface area contributed by atoms with Gasteiger partial charge in [-0.3, -0.25) is 9.59 Å². The average Bonchev–Trinajstić information content (AvgIpc) is 3.17. The van der Waals surface area contributed by atoms with E-state index in [0.717, 1.165) is 6.08 Å². The van der Waals surface area contributed by atoms with Gasteiger partial charge in [0.25, 0.3) is 0 Å². The Hall–Kier alpha value is -2.60. The van der Waals surface area contributed by atoms with E-state index in [1.807, 2.05) is 47.6 Å². The fourth-order valence-electron chi connectivity index (χ4n) is 9.65. The van der Waals surface area contributed by atoms with Crippen LogP contribution < -0.4 is 0 Å². The molecule has 0 unspecified atom stereocenters. The number of esters is 2. The average molecular weight is 560 g/mol. The third kappa shape index (κ3) is 3.32. The van der Waals surface area contributed by atoms with E-state index in [0.29, 0.717) is 24.8 Å². The summed E-state index contributed by atoms with van der Waals surface area (Å²) < 4.78 is 41.9. The molecule has 0 aromatic carbocycles. The summed E-state index contributed by atoms with van der Waals surface area (Å²) in [5.74, 6) is -7.27. The molecule has 0 spiro atoms. The summed E-state index contributed by atoms with van der Waals surface area (Å²) in [4.78, 5) is 39.7. The summed E-state index contributed by atoms with van der Waals surface area (Å²) in [5.41, 5.74) is -4.60. The first-order valence-corrected chi connectivity index (χ1v) is 14.2. The van der Waals surface area contributed by atoms with E-state index in [1.54, 1.807) is 6.92 Å². The van der Waals surface area contributed by atoms with Crippen molar-refractivity contribution in [2.75, 3.05) is 6.61 Å². The van der Waals surface area contributed by atoms with Crippen LogP contribution in [0.4, 0.5) is 8.78 Å². The van der Waals surface area contributed by atoms with Crippen molar-refractivity contribution in [3.63, 3.8) is 0 Å². The van der Waals surface area contributed by atoms with Gasteiger partial charge in [0, 0.05) is 22.7 Å². The maximum Gasteiger partial charge on any atom is 0.352 e. The Labute approximate surface area is 234 Å². The van der Waals surface area contributed by atoms with E-state index in [2.05, 4.69) is 0 Å². The van der Waals surface area contributed by atoms with E-state index in [4.69, 9.17) is 14.7 Å². The summed E-state index contributed by atoms with van der Waals surface area (Å²) in [6.45, 7) is 12.5. The lowest BCUT2D eigenvalue weighted by Crippen LogP contribution is -2.64. The number of ketones is 1. The molecule has 5 rings (SSSR count). The van der Waals surface area contributed by atoms with Crippen LogP contribution in [0.25, 0.3) is 0 Å². The third-order valence-electron chi connectivity index (χ3n) is 12.3. The van der Waals surface area contributed by atoms with E-state index in [-0.39, 0.29) is 29.1 Å². The molecule has 5 aliphatic rings. The Morgan fingerprint density at radius 3 is 2.35 bits per heavy atom. The fraction of sp³-hybridized carbons (Fsp3) is 0.742. The van der Waals surface area contributed by atoms with Gasteiger partial charge in [-0.2, -0.15) is 9.65 Å². The molecule has 0 radical (unpaired) electrons. The Bertz CT molecular complexity index is 1280. The van der Waals surface area contributed by atoms with Gasteiger partial charge in [0.1, 0.15) is 11.9 Å². The van der Waals surface area contributed by atoms with E-state index in [1.165, 1.54) is 0 Å². The SMILES string of the molecule is C[C@@H]1C[C@H]2[C@@H]3CCC4=CC(=O)C(F)=C(F)[C@]4(C)[C@H]3[C@@H](O)C[C@]2(C)[C@@]1(OC(=O)C1C(C)(C)C1(C)C)C(=O)OCC#N. The number of fused-ring (bicyclic) bond motifs is 5. The van der Waals surface area contributed by atoms with Gasteiger partial charge in [0.2, 0.25) is 17.2 Å². The van der Waals surface area contributed by atoms with Crippen LogP contribution in [-0.2, 0) is 23.9 Å². The van der Waals surface area contributed by atoms with Gasteiger partial charge in [-0.1, -0.05) is 47.1 Å². The van der Waals surface area contributed by atoms with Gasteiger partial charge in [-0.15, -0.1) is 0 Å². The molecule has 7 nitrogen and oxygen atoms in total. The zero-order valence-corrected chi connectivity index (χ0v) is 24.3. The van der Waals surface area contributed by atoms with Crippen molar-refractivity contribution in [3.05, 3.63) is 23.3 Å². The number of aliphatic hydroxyl groups excluding tert-OH is 1. The van der Waals surface area contributed by atoms with Crippen LogP contribution in [0.3, 0.4) is 0 Å². The second-order valence-electron chi connectivity index (χ2n) is 14.3. The fourth-order valence-corrected chi connectivity index (χ4v) is 9.65. The van der Waals surface area contributed by atoms with Gasteiger partial charge in [0.05, 0.1) is 12.0 Å². The Kier molecular flexibility index (Phi) is 6.29. The summed E-state index contributed by atoms with van der Waals surface area (Å²) in [5, 5.41) is 20.9. The topological polar surface area (TPSA) is 114 Å². The number of allylic oxidation sites excluding steroid dienone is 4. The lowest BCUT2D eigenvalue weighted by atomic mass is 9.46. The van der Waals surface area contributed by atoms with E-state index < -0.39 is 76.3 Å². The second-order valence-corrected chi connectivity index (χ2v) is 14.3. The molecule has 9 heteroatoms. The summed E-state index contributed by atoms with van der Waals surface area (Å²) in [7, 11) is 0. The summed E-state index contributed by atoms with van der Waals surface area (Å²) >= 11 is 0. The van der Waals surface area contributed by atoms with Gasteiger partial charge >= 0.3 is 11.9 Å². The number of carbonyl (C=O) groups is 3. The molecule has 4 fully saturated rings. The Balaban J connectivity index is 1.59. The number of ether oxygens (including phenoxy) is 2. The normalized spacial score (nSPS) is 43.1. The zero-order chi connectivity index (χ0) is 29.8. The first-order chi connectivity index (χ1) is 18.4. The maximum atomic E-state index is 15.6. The second kappa shape index (κ2) is 8.70. The number of nitriles is 1. The zero-order valence-electron chi connectivity index (χ0n) is 24.3. The van der Waals surface area contributed by atoms with Gasteiger partial charge in [-0.25, -0.2) is 9.18 Å². The maximum absolute atomic E-state index is 15.6. The number of halogens is 2. The van der Waals surface area contributed by atoms with Crippen LogP contribution >= 0.6 is 0 Å². The van der Waals surface area contributed by atoms with Crippen molar-refractivity contribution in [2.24, 2.45) is 51.2 Å². The molecule has 0 amide bonds. The molecule has 0 aromatic rings. The third-order valence-corrected chi connectivity index (χ3v) is 12.3. The molecule has 0 aromatic heterocycles. The molecule has 0 saturated heterocycles. The van der Waals surface area contributed by atoms with Crippen molar-refractivity contribution >= 4 is 17.7 Å². The molecule has 4 saturated carbocycles. The largest absolute Gasteiger partial charge is 0.447 e. The summed E-state index contributed by atoms with van der Waals surface area (Å²) in [6.07, 6.45) is 1.22. The Morgan fingerprint density at radius 2 is 1.77 bits per heavy atom. The van der Waals surface area contributed by atoms with Crippen LogP contribution in [0.5, 0.6) is 0 Å². The van der Waals surface area contributed by atoms with Crippen LogP contribution in [0, 0.1) is 62.6 Å². The van der Waals surface area contributed by atoms with Crippen LogP contribution in [-0.4, -0.2) is 41.1 Å². The monoisotopic (exact) mass is 559 g/mol. The smallest absolute Gasteiger partial charge is 0.352 e. The molecule has 8 atom stereocenters. The first-order valence-electron chi connectivity index (χ1n) is 14.2. The van der Waals surface area contributed by atoms with Crippen LogP contribution in [0.15, 0.2) is 23.3 Å². The van der Waals surface area contributed by atoms with E-state index >= 15 is 4.39 Å². The van der Waals surface area contributed by atoms with Crippen LogP contribution in [0.2, 0.25) is 0 Å². The highest BCUT2D eigenvalue weighted by Crippen LogP contribution is 2.72. The van der Waals surface area contributed by atoms with Crippen molar-refractivity contribution in [3.8, 4) is 6.07 Å². The number of hydrogen-bond donors (Lipinski definition) is 1. The van der Waals surface area contributed by atoms with Crippen molar-refractivity contribution in [1.29, 1.82) is 5.26 Å². The van der Waals surface area contributed by atoms with Gasteiger partial charge in [0.15, 0.2) is 6.61 Å². The van der Waals surface area contributed by atoms with E-state index in [9.17, 15) is 23.9 Å². The summed E-state index contributed by atoms with van der Waals surface area (Å²) in [6, 6.07) is 1.81. The minimum absolute atomic E-state index is 0.0265. The molecule has 5 aliphatic carbocycles. The molecular weight excluding hydrogens is 520 g/mol. The van der Waals surface area contributed by atoms with Crippen LogP contribution in [0.1, 0.15) is 74.1 Å². The predicted octanol–water partition coefficient (Wildman–Crippen LogP) is 5.14. The number of rotatable bonds is 4. The van der Waals surface area contributed by atoms with Crippen molar-refractivity contribution in [2.45, 2.75) is 85.9 Å². The number of carbonyl (C=O) groups excluding carboxylic acids is 3. The number of hydrogen-bond acceptors (Lipinski definition) is 7. The molecule has 218 valence electrons. The molecule has 0 heterocycles. The molecule has 0 bridgehead atoms. The minimum atomic E-state index is -1.77. The van der Waals surface area contributed by atoms with Gasteiger partial charge in [-0.05, 0) is 61.3 Å². The Morgan fingerprint density at radius 1 is 1.15 bits per heavy atom. The lowest BCUT2D eigenvalue weighted by Gasteiger charge is -2.59. The minimum Gasteiger partial charge on any atom is -0.447 e.